The summed E-state index contributed by atoms with van der Waals surface area (Å²) in [7, 11) is 1.54. The zero-order valence-electron chi connectivity index (χ0n) is 15.7. The average Bonchev–Trinajstić information content (AvgIpc) is 3.15. The first-order valence-electron chi connectivity index (χ1n) is 8.80. The number of hydrogen-bond acceptors (Lipinski definition) is 5. The first-order chi connectivity index (χ1) is 13.4. The molecule has 2 amide bonds. The number of benzene rings is 2. The van der Waals surface area contributed by atoms with Crippen LogP contribution in [-0.2, 0) is 21.7 Å². The fourth-order valence-corrected chi connectivity index (χ4v) is 2.77. The summed E-state index contributed by atoms with van der Waals surface area (Å²) in [5, 5.41) is 16.5. The lowest BCUT2D eigenvalue weighted by molar-refractivity contribution is -0.140. The van der Waals surface area contributed by atoms with E-state index in [1.54, 1.807) is 24.3 Å². The number of furan rings is 1. The fraction of sp³-hybridized carbons (Fsp3) is 0.238. The summed E-state index contributed by atoms with van der Waals surface area (Å²) in [5.74, 6) is -0.711. The molecule has 1 heterocycles. The molecule has 0 spiro atoms. The number of nitrogens with one attached hydrogen (secondary N) is 2. The highest BCUT2D eigenvalue weighted by molar-refractivity contribution is 6.35. The van der Waals surface area contributed by atoms with Crippen molar-refractivity contribution in [3.8, 4) is 5.75 Å². The highest BCUT2D eigenvalue weighted by Gasteiger charge is 2.29. The van der Waals surface area contributed by atoms with Crippen molar-refractivity contribution < 1.29 is 23.8 Å². The molecule has 1 unspecified atom stereocenters. The third-order valence-corrected chi connectivity index (χ3v) is 4.39. The van der Waals surface area contributed by atoms with Crippen molar-refractivity contribution >= 4 is 22.8 Å². The van der Waals surface area contributed by atoms with E-state index in [1.165, 1.54) is 14.0 Å². The molecule has 0 saturated carbocycles. The molecule has 3 aromatic rings. The minimum absolute atomic E-state index is 0.149. The maximum atomic E-state index is 12.1. The molecule has 0 fully saturated rings. The van der Waals surface area contributed by atoms with Crippen LogP contribution in [0.1, 0.15) is 18.2 Å². The van der Waals surface area contributed by atoms with Gasteiger partial charge in [-0.3, -0.25) is 9.59 Å². The Morgan fingerprint density at radius 2 is 1.75 bits per heavy atom. The monoisotopic (exact) mass is 382 g/mol. The molecule has 0 aliphatic heterocycles. The second-order valence-corrected chi connectivity index (χ2v) is 6.60. The van der Waals surface area contributed by atoms with E-state index in [0.29, 0.717) is 17.1 Å². The van der Waals surface area contributed by atoms with Crippen molar-refractivity contribution in [1.29, 1.82) is 0 Å². The van der Waals surface area contributed by atoms with Gasteiger partial charge in [-0.25, -0.2) is 0 Å². The van der Waals surface area contributed by atoms with Crippen molar-refractivity contribution in [1.82, 2.24) is 10.6 Å². The zero-order valence-corrected chi connectivity index (χ0v) is 15.7. The molecule has 1 atom stereocenters. The Morgan fingerprint density at radius 3 is 2.50 bits per heavy atom. The van der Waals surface area contributed by atoms with Crippen LogP contribution in [-0.4, -0.2) is 30.6 Å². The minimum Gasteiger partial charge on any atom is -0.496 e. The van der Waals surface area contributed by atoms with Gasteiger partial charge >= 0.3 is 11.8 Å². The van der Waals surface area contributed by atoms with Crippen molar-refractivity contribution in [2.45, 2.75) is 19.1 Å². The molecule has 0 bridgehead atoms. The molecule has 1 aromatic heterocycles. The fourth-order valence-electron chi connectivity index (χ4n) is 2.77. The molecule has 2 aromatic carbocycles. The molecule has 28 heavy (non-hydrogen) atoms. The summed E-state index contributed by atoms with van der Waals surface area (Å²) >= 11 is 0. The predicted octanol–water partition coefficient (Wildman–Crippen LogP) is 2.08. The van der Waals surface area contributed by atoms with Crippen LogP contribution in [0.15, 0.2) is 59.0 Å². The zero-order chi connectivity index (χ0) is 20.1. The number of carbonyl (C=O) groups excluding carboxylic acids is 2. The smallest absolute Gasteiger partial charge is 0.309 e. The third kappa shape index (κ3) is 4.32. The molecule has 0 aliphatic carbocycles. The highest BCUT2D eigenvalue weighted by atomic mass is 16.5. The van der Waals surface area contributed by atoms with E-state index in [-0.39, 0.29) is 13.1 Å². The Morgan fingerprint density at radius 1 is 1.07 bits per heavy atom. The average molecular weight is 382 g/mol. The van der Waals surface area contributed by atoms with Gasteiger partial charge in [-0.05, 0) is 25.1 Å². The Balaban J connectivity index is 1.57. The molecule has 7 nitrogen and oxygen atoms in total. The van der Waals surface area contributed by atoms with Gasteiger partial charge in [0, 0.05) is 17.5 Å². The van der Waals surface area contributed by atoms with E-state index in [4.69, 9.17) is 9.15 Å². The number of aliphatic hydroxyl groups is 1. The van der Waals surface area contributed by atoms with Crippen LogP contribution in [0.5, 0.6) is 5.75 Å². The quantitative estimate of drug-likeness (QED) is 0.567. The standard InChI is InChI=1S/C21H22N2O5/c1-21(26,18-11-14-7-3-6-10-17(14)28-18)13-23-20(25)19(24)22-12-15-8-4-5-9-16(15)27-2/h3-11,26H,12-13H2,1-2H3,(H,22,24)(H,23,25). The van der Waals surface area contributed by atoms with Crippen LogP contribution in [0, 0.1) is 0 Å². The number of para-hydroxylation sites is 2. The van der Waals surface area contributed by atoms with Crippen LogP contribution >= 0.6 is 0 Å². The second kappa shape index (κ2) is 8.14. The summed E-state index contributed by atoms with van der Waals surface area (Å²) in [6.45, 7) is 1.49. The number of hydrogen-bond donors (Lipinski definition) is 3. The topological polar surface area (TPSA) is 101 Å². The van der Waals surface area contributed by atoms with Gasteiger partial charge in [0.1, 0.15) is 22.7 Å². The largest absolute Gasteiger partial charge is 0.496 e. The molecule has 3 N–H and O–H groups in total. The lowest BCUT2D eigenvalue weighted by Gasteiger charge is -2.21. The Labute approximate surface area is 162 Å². The Kier molecular flexibility index (Phi) is 5.65. The van der Waals surface area contributed by atoms with Crippen molar-refractivity contribution in [2.24, 2.45) is 0 Å². The van der Waals surface area contributed by atoms with Gasteiger partial charge in [-0.2, -0.15) is 0 Å². The summed E-state index contributed by atoms with van der Waals surface area (Å²) < 4.78 is 10.8. The lowest BCUT2D eigenvalue weighted by Crippen LogP contribution is -2.45. The van der Waals surface area contributed by atoms with Gasteiger partial charge in [-0.1, -0.05) is 36.4 Å². The number of rotatable bonds is 6. The predicted molar refractivity (Wildman–Crippen MR) is 104 cm³/mol. The first-order valence-corrected chi connectivity index (χ1v) is 8.80. The number of carbonyl (C=O) groups is 2. The van der Waals surface area contributed by atoms with E-state index in [0.717, 1.165) is 10.9 Å². The number of methoxy groups -OCH3 is 1. The van der Waals surface area contributed by atoms with Crippen molar-refractivity contribution in [3.05, 3.63) is 65.9 Å². The van der Waals surface area contributed by atoms with E-state index >= 15 is 0 Å². The summed E-state index contributed by atoms with van der Waals surface area (Å²) in [5.41, 5.74) is -0.0727. The molecule has 0 aliphatic rings. The molecule has 0 radical (unpaired) electrons. The van der Waals surface area contributed by atoms with Gasteiger partial charge < -0.3 is 24.9 Å². The summed E-state index contributed by atoms with van der Waals surface area (Å²) in [4.78, 5) is 24.1. The van der Waals surface area contributed by atoms with E-state index in [1.807, 2.05) is 30.3 Å². The van der Waals surface area contributed by atoms with Gasteiger partial charge in [0.05, 0.1) is 13.7 Å². The molecular weight excluding hydrogens is 360 g/mol. The van der Waals surface area contributed by atoms with Crippen LogP contribution in [0.2, 0.25) is 0 Å². The van der Waals surface area contributed by atoms with Crippen LogP contribution in [0.3, 0.4) is 0 Å². The van der Waals surface area contributed by atoms with Gasteiger partial charge in [0.2, 0.25) is 0 Å². The van der Waals surface area contributed by atoms with E-state index in [2.05, 4.69) is 10.6 Å². The highest BCUT2D eigenvalue weighted by Crippen LogP contribution is 2.27. The van der Waals surface area contributed by atoms with E-state index < -0.39 is 17.4 Å². The number of amides is 2. The van der Waals surface area contributed by atoms with Gasteiger partial charge in [0.25, 0.3) is 0 Å². The van der Waals surface area contributed by atoms with Crippen molar-refractivity contribution in [3.63, 3.8) is 0 Å². The Bertz CT molecular complexity index is 960. The summed E-state index contributed by atoms with van der Waals surface area (Å²) in [6, 6.07) is 16.3. The van der Waals surface area contributed by atoms with E-state index in [9.17, 15) is 14.7 Å². The third-order valence-electron chi connectivity index (χ3n) is 4.39. The minimum atomic E-state index is -1.46. The first kappa shape index (κ1) is 19.4. The van der Waals surface area contributed by atoms with Gasteiger partial charge in [-0.15, -0.1) is 0 Å². The maximum Gasteiger partial charge on any atom is 0.309 e. The molecule has 146 valence electrons. The second-order valence-electron chi connectivity index (χ2n) is 6.60. The molecule has 0 saturated heterocycles. The lowest BCUT2D eigenvalue weighted by atomic mass is 10.0. The summed E-state index contributed by atoms with van der Waals surface area (Å²) in [6.07, 6.45) is 0. The molecule has 3 rings (SSSR count). The SMILES string of the molecule is COc1ccccc1CNC(=O)C(=O)NCC(C)(O)c1cc2ccccc2o1. The molecular formula is C21H22N2O5. The Hall–Kier alpha value is -3.32. The van der Waals surface area contributed by atoms with Gasteiger partial charge in [0.15, 0.2) is 0 Å². The molecule has 7 heteroatoms. The van der Waals surface area contributed by atoms with Crippen LogP contribution in [0.4, 0.5) is 0 Å². The van der Waals surface area contributed by atoms with Crippen LogP contribution in [0.25, 0.3) is 11.0 Å². The number of fused-ring (bicyclic) bond motifs is 1. The normalized spacial score (nSPS) is 13.0. The van der Waals surface area contributed by atoms with Crippen molar-refractivity contribution in [2.75, 3.05) is 13.7 Å². The van der Waals surface area contributed by atoms with Crippen LogP contribution < -0.4 is 15.4 Å². The number of ether oxygens (including phenoxy) is 1. The maximum absolute atomic E-state index is 12.1.